The Morgan fingerprint density at radius 2 is 2.10 bits per heavy atom. The van der Waals surface area contributed by atoms with E-state index in [9.17, 15) is 4.79 Å². The SMILES string of the molecule is O=C(O)CCCCc1cn(Cc2cc(Cl)ccc2Cl)nn1. The Bertz CT molecular complexity index is 628. The molecule has 0 unspecified atom stereocenters. The molecule has 0 amide bonds. The van der Waals surface area contributed by atoms with E-state index in [1.807, 2.05) is 6.20 Å². The molecule has 0 saturated carbocycles. The number of aryl methyl sites for hydroxylation is 1. The fourth-order valence-corrected chi connectivity index (χ4v) is 2.32. The van der Waals surface area contributed by atoms with Gasteiger partial charge in [0.1, 0.15) is 0 Å². The number of nitrogens with zero attached hydrogens (tertiary/aromatic N) is 3. The number of carboxylic acid groups (broad SMARTS) is 1. The van der Waals surface area contributed by atoms with Crippen molar-refractivity contribution in [1.29, 1.82) is 0 Å². The summed E-state index contributed by atoms with van der Waals surface area (Å²) in [5.74, 6) is -0.769. The van der Waals surface area contributed by atoms with Crippen LogP contribution in [0.5, 0.6) is 0 Å². The third kappa shape index (κ3) is 5.02. The average molecular weight is 328 g/mol. The summed E-state index contributed by atoms with van der Waals surface area (Å²) in [6.07, 6.45) is 4.17. The van der Waals surface area contributed by atoms with Gasteiger partial charge in [0.25, 0.3) is 0 Å². The number of hydrogen-bond donors (Lipinski definition) is 1. The molecule has 5 nitrogen and oxygen atoms in total. The van der Waals surface area contributed by atoms with E-state index in [0.29, 0.717) is 23.0 Å². The quantitative estimate of drug-likeness (QED) is 0.791. The second-order valence-electron chi connectivity index (χ2n) is 4.74. The number of carboxylic acids is 1. The zero-order valence-electron chi connectivity index (χ0n) is 11.3. The predicted octanol–water partition coefficient (Wildman–Crippen LogP) is 3.43. The Morgan fingerprint density at radius 1 is 1.29 bits per heavy atom. The maximum absolute atomic E-state index is 10.4. The van der Waals surface area contributed by atoms with Crippen LogP contribution < -0.4 is 0 Å². The van der Waals surface area contributed by atoms with E-state index in [0.717, 1.165) is 24.1 Å². The molecule has 112 valence electrons. The summed E-state index contributed by atoms with van der Waals surface area (Å²) < 4.78 is 1.70. The van der Waals surface area contributed by atoms with Gasteiger partial charge in [0.05, 0.1) is 12.2 Å². The zero-order chi connectivity index (χ0) is 15.2. The minimum atomic E-state index is -0.769. The summed E-state index contributed by atoms with van der Waals surface area (Å²) in [5, 5.41) is 18.0. The highest BCUT2D eigenvalue weighted by Gasteiger charge is 2.06. The van der Waals surface area contributed by atoms with Crippen LogP contribution in [0.15, 0.2) is 24.4 Å². The van der Waals surface area contributed by atoms with E-state index < -0.39 is 5.97 Å². The summed E-state index contributed by atoms with van der Waals surface area (Å²) in [6, 6.07) is 5.30. The van der Waals surface area contributed by atoms with Gasteiger partial charge in [-0.3, -0.25) is 4.79 Å². The van der Waals surface area contributed by atoms with Crippen molar-refractivity contribution in [3.63, 3.8) is 0 Å². The van der Waals surface area contributed by atoms with E-state index in [2.05, 4.69) is 10.3 Å². The van der Waals surface area contributed by atoms with Gasteiger partial charge >= 0.3 is 5.97 Å². The maximum atomic E-state index is 10.4. The molecule has 0 spiro atoms. The van der Waals surface area contributed by atoms with Crippen molar-refractivity contribution in [1.82, 2.24) is 15.0 Å². The molecule has 0 saturated heterocycles. The number of carbonyl (C=O) groups is 1. The minimum absolute atomic E-state index is 0.187. The van der Waals surface area contributed by atoms with Gasteiger partial charge in [0.2, 0.25) is 0 Å². The zero-order valence-corrected chi connectivity index (χ0v) is 12.8. The van der Waals surface area contributed by atoms with Gasteiger partial charge in [-0.25, -0.2) is 4.68 Å². The molecule has 0 aliphatic rings. The van der Waals surface area contributed by atoms with E-state index >= 15 is 0 Å². The van der Waals surface area contributed by atoms with Crippen molar-refractivity contribution < 1.29 is 9.90 Å². The summed E-state index contributed by atoms with van der Waals surface area (Å²) >= 11 is 12.1. The molecule has 2 aromatic rings. The average Bonchev–Trinajstić information content (AvgIpc) is 2.86. The largest absolute Gasteiger partial charge is 0.481 e. The summed E-state index contributed by atoms with van der Waals surface area (Å²) in [6.45, 7) is 0.502. The standard InChI is InChI=1S/C14H15Cl2N3O2/c15-11-5-6-13(16)10(7-11)8-19-9-12(17-18-19)3-1-2-4-14(20)21/h5-7,9H,1-4,8H2,(H,20,21). The van der Waals surface area contributed by atoms with Crippen LogP contribution in [-0.2, 0) is 17.8 Å². The lowest BCUT2D eigenvalue weighted by Crippen LogP contribution is -2.01. The lowest BCUT2D eigenvalue weighted by Gasteiger charge is -2.04. The highest BCUT2D eigenvalue weighted by Crippen LogP contribution is 2.21. The summed E-state index contributed by atoms with van der Waals surface area (Å²) in [7, 11) is 0. The molecular formula is C14H15Cl2N3O2. The second-order valence-corrected chi connectivity index (χ2v) is 5.59. The molecule has 0 radical (unpaired) electrons. The number of halogens is 2. The Kier molecular flexibility index (Phi) is 5.59. The normalized spacial score (nSPS) is 10.8. The first-order valence-corrected chi connectivity index (χ1v) is 7.35. The van der Waals surface area contributed by atoms with Gasteiger partial charge in [-0.1, -0.05) is 28.4 Å². The molecule has 21 heavy (non-hydrogen) atoms. The van der Waals surface area contributed by atoms with Crippen molar-refractivity contribution in [2.45, 2.75) is 32.2 Å². The van der Waals surface area contributed by atoms with Crippen LogP contribution >= 0.6 is 23.2 Å². The van der Waals surface area contributed by atoms with Crippen molar-refractivity contribution in [3.8, 4) is 0 Å². The van der Waals surface area contributed by atoms with Crippen molar-refractivity contribution in [3.05, 3.63) is 45.7 Å². The molecule has 1 heterocycles. The molecule has 0 atom stereocenters. The predicted molar refractivity (Wildman–Crippen MR) is 80.8 cm³/mol. The van der Waals surface area contributed by atoms with E-state index in [4.69, 9.17) is 28.3 Å². The first kappa shape index (κ1) is 15.8. The van der Waals surface area contributed by atoms with Crippen LogP contribution in [0, 0.1) is 0 Å². The molecular weight excluding hydrogens is 313 g/mol. The Morgan fingerprint density at radius 3 is 2.86 bits per heavy atom. The van der Waals surface area contributed by atoms with Crippen LogP contribution in [0.25, 0.3) is 0 Å². The van der Waals surface area contributed by atoms with E-state index in [1.165, 1.54) is 0 Å². The van der Waals surface area contributed by atoms with Gasteiger partial charge in [0.15, 0.2) is 0 Å². The lowest BCUT2D eigenvalue weighted by atomic mass is 10.1. The third-order valence-electron chi connectivity index (χ3n) is 3.00. The maximum Gasteiger partial charge on any atom is 0.303 e. The van der Waals surface area contributed by atoms with Crippen molar-refractivity contribution in [2.24, 2.45) is 0 Å². The molecule has 0 fully saturated rings. The molecule has 1 aromatic heterocycles. The lowest BCUT2D eigenvalue weighted by molar-refractivity contribution is -0.137. The topological polar surface area (TPSA) is 68.0 Å². The number of aromatic nitrogens is 3. The second kappa shape index (κ2) is 7.43. The first-order chi connectivity index (χ1) is 10.0. The smallest absolute Gasteiger partial charge is 0.303 e. The first-order valence-electron chi connectivity index (χ1n) is 6.59. The Labute approximate surface area is 132 Å². The molecule has 0 aliphatic carbocycles. The molecule has 1 N–H and O–H groups in total. The number of unbranched alkanes of at least 4 members (excludes halogenated alkanes) is 1. The number of hydrogen-bond acceptors (Lipinski definition) is 3. The van der Waals surface area contributed by atoms with Crippen LogP contribution in [0.2, 0.25) is 10.0 Å². The summed E-state index contributed by atoms with van der Waals surface area (Å²) in [5.41, 5.74) is 1.73. The molecule has 0 aliphatic heterocycles. The van der Waals surface area contributed by atoms with Gasteiger partial charge in [-0.2, -0.15) is 0 Å². The molecule has 7 heteroatoms. The van der Waals surface area contributed by atoms with Gasteiger partial charge in [-0.15, -0.1) is 5.10 Å². The van der Waals surface area contributed by atoms with Crippen LogP contribution in [0.1, 0.15) is 30.5 Å². The fourth-order valence-electron chi connectivity index (χ4n) is 1.95. The number of rotatable bonds is 7. The van der Waals surface area contributed by atoms with Crippen LogP contribution in [-0.4, -0.2) is 26.1 Å². The third-order valence-corrected chi connectivity index (χ3v) is 3.60. The van der Waals surface area contributed by atoms with Gasteiger partial charge < -0.3 is 5.11 Å². The van der Waals surface area contributed by atoms with E-state index in [-0.39, 0.29) is 6.42 Å². The summed E-state index contributed by atoms with van der Waals surface area (Å²) in [4.78, 5) is 10.4. The molecule has 1 aromatic carbocycles. The highest BCUT2D eigenvalue weighted by molar-refractivity contribution is 6.33. The van der Waals surface area contributed by atoms with Gasteiger partial charge in [-0.05, 0) is 43.0 Å². The van der Waals surface area contributed by atoms with Crippen molar-refractivity contribution >= 4 is 29.2 Å². The van der Waals surface area contributed by atoms with Gasteiger partial charge in [0, 0.05) is 22.7 Å². The fraction of sp³-hybridized carbons (Fsp3) is 0.357. The minimum Gasteiger partial charge on any atom is -0.481 e. The van der Waals surface area contributed by atoms with E-state index in [1.54, 1.807) is 22.9 Å². The van der Waals surface area contributed by atoms with Crippen molar-refractivity contribution in [2.75, 3.05) is 0 Å². The Balaban J connectivity index is 1.91. The monoisotopic (exact) mass is 327 g/mol. The highest BCUT2D eigenvalue weighted by atomic mass is 35.5. The number of aliphatic carboxylic acids is 1. The molecule has 0 bridgehead atoms. The number of benzene rings is 1. The van der Waals surface area contributed by atoms with Crippen LogP contribution in [0.3, 0.4) is 0 Å². The van der Waals surface area contributed by atoms with Crippen LogP contribution in [0.4, 0.5) is 0 Å². The molecule has 2 rings (SSSR count). The Hall–Kier alpha value is -1.59.